The maximum Gasteiger partial charge on any atom is 0.251 e. The zero-order valence-electron chi connectivity index (χ0n) is 9.86. The molecule has 1 aromatic rings. The van der Waals surface area contributed by atoms with Gasteiger partial charge in [-0.3, -0.25) is 9.59 Å². The Hall–Kier alpha value is -1.88. The zero-order valence-corrected chi connectivity index (χ0v) is 9.86. The Labute approximate surface area is 99.8 Å². The lowest BCUT2D eigenvalue weighted by atomic mass is 10.2. The normalized spacial score (nSPS) is 11.7. The van der Waals surface area contributed by atoms with Crippen molar-refractivity contribution >= 4 is 17.5 Å². The fourth-order valence-electron chi connectivity index (χ4n) is 1.28. The third-order valence-corrected chi connectivity index (χ3v) is 2.00. The van der Waals surface area contributed by atoms with Crippen LogP contribution >= 0.6 is 0 Å². The summed E-state index contributed by atoms with van der Waals surface area (Å²) in [5, 5.41) is 14.2. The topological polar surface area (TPSA) is 78.4 Å². The average Bonchev–Trinajstić information content (AvgIpc) is 2.25. The van der Waals surface area contributed by atoms with Gasteiger partial charge >= 0.3 is 0 Å². The van der Waals surface area contributed by atoms with E-state index in [-0.39, 0.29) is 18.4 Å². The van der Waals surface area contributed by atoms with Crippen molar-refractivity contribution in [3.8, 4) is 0 Å². The number of anilines is 1. The van der Waals surface area contributed by atoms with Crippen molar-refractivity contribution < 1.29 is 14.7 Å². The fraction of sp³-hybridized carbons (Fsp3) is 0.333. The molecule has 1 atom stereocenters. The molecule has 92 valence electrons. The van der Waals surface area contributed by atoms with Crippen LogP contribution in [0.15, 0.2) is 24.3 Å². The second kappa shape index (κ2) is 6.00. The largest absolute Gasteiger partial charge is 0.392 e. The molecule has 0 fully saturated rings. The molecule has 0 spiro atoms. The molecule has 2 amide bonds. The molecule has 0 unspecified atom stereocenters. The van der Waals surface area contributed by atoms with Crippen LogP contribution in [-0.2, 0) is 4.79 Å². The Morgan fingerprint density at radius 3 is 2.71 bits per heavy atom. The molecule has 0 aliphatic rings. The third-order valence-electron chi connectivity index (χ3n) is 2.00. The van der Waals surface area contributed by atoms with Gasteiger partial charge in [-0.2, -0.15) is 0 Å². The van der Waals surface area contributed by atoms with E-state index < -0.39 is 6.10 Å². The summed E-state index contributed by atoms with van der Waals surface area (Å²) in [7, 11) is 0. The molecule has 0 aliphatic carbocycles. The van der Waals surface area contributed by atoms with Crippen LogP contribution in [0, 0.1) is 0 Å². The molecule has 1 aromatic carbocycles. The van der Waals surface area contributed by atoms with Crippen molar-refractivity contribution in [3.05, 3.63) is 29.8 Å². The molecule has 3 N–H and O–H groups in total. The van der Waals surface area contributed by atoms with E-state index in [1.54, 1.807) is 31.2 Å². The molecule has 0 saturated heterocycles. The first-order valence-corrected chi connectivity index (χ1v) is 5.33. The number of hydrogen-bond donors (Lipinski definition) is 3. The van der Waals surface area contributed by atoms with E-state index in [0.29, 0.717) is 11.3 Å². The highest BCUT2D eigenvalue weighted by molar-refractivity contribution is 5.96. The summed E-state index contributed by atoms with van der Waals surface area (Å²) in [5.41, 5.74) is 1.01. The number of benzene rings is 1. The highest BCUT2D eigenvalue weighted by atomic mass is 16.3. The summed E-state index contributed by atoms with van der Waals surface area (Å²) in [4.78, 5) is 22.5. The molecule has 5 nitrogen and oxygen atoms in total. The number of aliphatic hydroxyl groups excluding tert-OH is 1. The van der Waals surface area contributed by atoms with Gasteiger partial charge in [0.05, 0.1) is 6.10 Å². The van der Waals surface area contributed by atoms with Crippen LogP contribution < -0.4 is 10.6 Å². The Kier molecular flexibility index (Phi) is 4.66. The van der Waals surface area contributed by atoms with Gasteiger partial charge in [0.2, 0.25) is 5.91 Å². The van der Waals surface area contributed by atoms with Gasteiger partial charge in [-0.15, -0.1) is 0 Å². The van der Waals surface area contributed by atoms with Crippen molar-refractivity contribution in [3.63, 3.8) is 0 Å². The molecule has 1 rings (SSSR count). The smallest absolute Gasteiger partial charge is 0.251 e. The predicted octanol–water partition coefficient (Wildman–Crippen LogP) is 0.756. The summed E-state index contributed by atoms with van der Waals surface area (Å²) in [6, 6.07) is 6.61. The molecular weight excluding hydrogens is 220 g/mol. The Morgan fingerprint density at radius 1 is 1.41 bits per heavy atom. The minimum atomic E-state index is -0.586. The quantitative estimate of drug-likeness (QED) is 0.722. The van der Waals surface area contributed by atoms with E-state index in [2.05, 4.69) is 10.6 Å². The number of carbonyl (C=O) groups excluding carboxylic acids is 2. The van der Waals surface area contributed by atoms with E-state index in [9.17, 15) is 9.59 Å². The van der Waals surface area contributed by atoms with Gasteiger partial charge in [-0.1, -0.05) is 6.07 Å². The molecule has 0 saturated carbocycles. The SMILES string of the molecule is CC(=O)Nc1cccc(C(=O)NC[C@@H](C)O)c1. The minimum Gasteiger partial charge on any atom is -0.392 e. The molecule has 5 heteroatoms. The first-order chi connectivity index (χ1) is 7.99. The summed E-state index contributed by atoms with van der Waals surface area (Å²) in [6.07, 6.45) is -0.586. The van der Waals surface area contributed by atoms with E-state index >= 15 is 0 Å². The van der Waals surface area contributed by atoms with Gasteiger partial charge in [0, 0.05) is 24.7 Å². The van der Waals surface area contributed by atoms with E-state index in [0.717, 1.165) is 0 Å². The van der Waals surface area contributed by atoms with Crippen molar-refractivity contribution in [2.75, 3.05) is 11.9 Å². The fourth-order valence-corrected chi connectivity index (χ4v) is 1.28. The molecule has 0 bridgehead atoms. The summed E-state index contributed by atoms with van der Waals surface area (Å²) in [5.74, 6) is -0.468. The number of aliphatic hydroxyl groups is 1. The molecular formula is C12H16N2O3. The maximum absolute atomic E-state index is 11.7. The second-order valence-electron chi connectivity index (χ2n) is 3.82. The van der Waals surface area contributed by atoms with Gasteiger partial charge in [0.1, 0.15) is 0 Å². The predicted molar refractivity (Wildman–Crippen MR) is 64.8 cm³/mol. The summed E-state index contributed by atoms with van der Waals surface area (Å²) >= 11 is 0. The molecule has 17 heavy (non-hydrogen) atoms. The number of rotatable bonds is 4. The van der Waals surface area contributed by atoms with E-state index in [4.69, 9.17) is 5.11 Å². The van der Waals surface area contributed by atoms with Crippen LogP contribution in [0.2, 0.25) is 0 Å². The van der Waals surface area contributed by atoms with Crippen LogP contribution in [0.4, 0.5) is 5.69 Å². The first kappa shape index (κ1) is 13.2. The summed E-state index contributed by atoms with van der Waals surface area (Å²) in [6.45, 7) is 3.19. The van der Waals surface area contributed by atoms with Gasteiger partial charge in [-0.05, 0) is 25.1 Å². The van der Waals surface area contributed by atoms with Gasteiger partial charge in [-0.25, -0.2) is 0 Å². The lowest BCUT2D eigenvalue weighted by molar-refractivity contribution is -0.114. The van der Waals surface area contributed by atoms with Crippen molar-refractivity contribution in [2.45, 2.75) is 20.0 Å². The first-order valence-electron chi connectivity index (χ1n) is 5.33. The average molecular weight is 236 g/mol. The van der Waals surface area contributed by atoms with Crippen LogP contribution in [-0.4, -0.2) is 29.6 Å². The lowest BCUT2D eigenvalue weighted by Gasteiger charge is -2.08. The highest BCUT2D eigenvalue weighted by Gasteiger charge is 2.07. The van der Waals surface area contributed by atoms with E-state index in [1.165, 1.54) is 6.92 Å². The van der Waals surface area contributed by atoms with Gasteiger partial charge in [0.15, 0.2) is 0 Å². The van der Waals surface area contributed by atoms with Crippen LogP contribution in [0.5, 0.6) is 0 Å². The van der Waals surface area contributed by atoms with Crippen LogP contribution in [0.1, 0.15) is 24.2 Å². The maximum atomic E-state index is 11.7. The van der Waals surface area contributed by atoms with Crippen molar-refractivity contribution in [2.24, 2.45) is 0 Å². The highest BCUT2D eigenvalue weighted by Crippen LogP contribution is 2.10. The molecule has 0 radical (unpaired) electrons. The molecule has 0 heterocycles. The third kappa shape index (κ3) is 4.65. The summed E-state index contributed by atoms with van der Waals surface area (Å²) < 4.78 is 0. The Balaban J connectivity index is 2.70. The number of nitrogens with one attached hydrogen (secondary N) is 2. The lowest BCUT2D eigenvalue weighted by Crippen LogP contribution is -2.30. The van der Waals surface area contributed by atoms with Crippen LogP contribution in [0.25, 0.3) is 0 Å². The molecule has 0 aromatic heterocycles. The minimum absolute atomic E-state index is 0.188. The second-order valence-corrected chi connectivity index (χ2v) is 3.82. The number of hydrogen-bond acceptors (Lipinski definition) is 3. The number of carbonyl (C=O) groups is 2. The van der Waals surface area contributed by atoms with E-state index in [1.807, 2.05) is 0 Å². The monoisotopic (exact) mass is 236 g/mol. The van der Waals surface area contributed by atoms with Crippen molar-refractivity contribution in [1.29, 1.82) is 0 Å². The molecule has 0 aliphatic heterocycles. The Bertz CT molecular complexity index is 416. The van der Waals surface area contributed by atoms with Crippen molar-refractivity contribution in [1.82, 2.24) is 5.32 Å². The van der Waals surface area contributed by atoms with Crippen LogP contribution in [0.3, 0.4) is 0 Å². The Morgan fingerprint density at radius 2 is 2.12 bits per heavy atom. The zero-order chi connectivity index (χ0) is 12.8. The standard InChI is InChI=1S/C12H16N2O3/c1-8(15)7-13-12(17)10-4-3-5-11(6-10)14-9(2)16/h3-6,8,15H,7H2,1-2H3,(H,13,17)(H,14,16)/t8-/m1/s1. The number of amides is 2. The van der Waals surface area contributed by atoms with Gasteiger partial charge < -0.3 is 15.7 Å². The van der Waals surface area contributed by atoms with Gasteiger partial charge in [0.25, 0.3) is 5.91 Å².